The fourth-order valence-electron chi connectivity index (χ4n) is 1.95. The number of hydrogen-bond acceptors (Lipinski definition) is 2. The molecule has 1 unspecified atom stereocenters. The van der Waals surface area contributed by atoms with Gasteiger partial charge in [0.1, 0.15) is 0 Å². The summed E-state index contributed by atoms with van der Waals surface area (Å²) in [6.45, 7) is 0. The van der Waals surface area contributed by atoms with Crippen molar-refractivity contribution < 1.29 is 0 Å². The fourth-order valence-corrected chi connectivity index (χ4v) is 2.82. The van der Waals surface area contributed by atoms with Gasteiger partial charge in [-0.3, -0.25) is 11.3 Å². The Morgan fingerprint density at radius 1 is 0.900 bits per heavy atom. The van der Waals surface area contributed by atoms with Crippen molar-refractivity contribution in [3.05, 3.63) is 67.6 Å². The molecule has 106 valence electrons. The molecule has 0 aliphatic carbocycles. The molecule has 6 heteroatoms. The highest BCUT2D eigenvalue weighted by Crippen LogP contribution is 2.28. The lowest BCUT2D eigenvalue weighted by molar-refractivity contribution is 0.552. The quantitative estimate of drug-likeness (QED) is 0.598. The van der Waals surface area contributed by atoms with Crippen LogP contribution in [0.4, 0.5) is 0 Å². The number of rotatable bonds is 4. The Morgan fingerprint density at radius 2 is 1.55 bits per heavy atom. The molecule has 0 heterocycles. The Balaban J connectivity index is 2.26. The van der Waals surface area contributed by atoms with Crippen LogP contribution in [0.15, 0.2) is 36.4 Å². The van der Waals surface area contributed by atoms with Gasteiger partial charge in [0.25, 0.3) is 0 Å². The maximum absolute atomic E-state index is 6.01. The van der Waals surface area contributed by atoms with E-state index in [2.05, 4.69) is 5.43 Å². The Labute approximate surface area is 137 Å². The summed E-state index contributed by atoms with van der Waals surface area (Å²) in [6, 6.07) is 10.7. The molecule has 2 nitrogen and oxygen atoms in total. The molecule has 0 aromatic heterocycles. The topological polar surface area (TPSA) is 38.0 Å². The Morgan fingerprint density at radius 3 is 2.10 bits per heavy atom. The van der Waals surface area contributed by atoms with Crippen LogP contribution < -0.4 is 11.3 Å². The summed E-state index contributed by atoms with van der Waals surface area (Å²) in [6.07, 6.45) is 0.643. The van der Waals surface area contributed by atoms with E-state index < -0.39 is 0 Å². The van der Waals surface area contributed by atoms with Crippen LogP contribution in [0.2, 0.25) is 20.1 Å². The van der Waals surface area contributed by atoms with Crippen molar-refractivity contribution >= 4 is 46.4 Å². The van der Waals surface area contributed by atoms with Gasteiger partial charge in [0.15, 0.2) is 0 Å². The second-order valence-electron chi connectivity index (χ2n) is 4.37. The van der Waals surface area contributed by atoms with E-state index in [0.29, 0.717) is 26.5 Å². The average molecular weight is 350 g/mol. The first kappa shape index (κ1) is 15.9. The van der Waals surface area contributed by atoms with Crippen LogP contribution in [0, 0.1) is 0 Å². The summed E-state index contributed by atoms with van der Waals surface area (Å²) in [4.78, 5) is 0. The molecule has 3 N–H and O–H groups in total. The van der Waals surface area contributed by atoms with Crippen molar-refractivity contribution in [2.75, 3.05) is 0 Å². The molecule has 0 saturated heterocycles. The molecule has 20 heavy (non-hydrogen) atoms. The summed E-state index contributed by atoms with van der Waals surface area (Å²) in [5.74, 6) is 5.63. The second-order valence-corrected chi connectivity index (χ2v) is 6.06. The minimum Gasteiger partial charge on any atom is -0.271 e. The maximum atomic E-state index is 6.01. The van der Waals surface area contributed by atoms with E-state index in [4.69, 9.17) is 52.2 Å². The first-order valence-electron chi connectivity index (χ1n) is 5.85. The van der Waals surface area contributed by atoms with Gasteiger partial charge in [0, 0.05) is 10.0 Å². The molecule has 2 aromatic carbocycles. The summed E-state index contributed by atoms with van der Waals surface area (Å²) in [5.41, 5.74) is 4.69. The molecular weight excluding hydrogens is 338 g/mol. The zero-order chi connectivity index (χ0) is 14.7. The van der Waals surface area contributed by atoms with Gasteiger partial charge in [0.05, 0.1) is 16.1 Å². The van der Waals surface area contributed by atoms with Gasteiger partial charge in [-0.05, 0) is 47.9 Å². The average Bonchev–Trinajstić information content (AvgIpc) is 2.38. The molecule has 0 spiro atoms. The van der Waals surface area contributed by atoms with Crippen molar-refractivity contribution in [1.29, 1.82) is 0 Å². The van der Waals surface area contributed by atoms with E-state index in [1.165, 1.54) is 0 Å². The van der Waals surface area contributed by atoms with Gasteiger partial charge in [-0.1, -0.05) is 52.5 Å². The lowest BCUT2D eigenvalue weighted by Crippen LogP contribution is -2.29. The summed E-state index contributed by atoms with van der Waals surface area (Å²) < 4.78 is 0. The number of hydrogen-bond donors (Lipinski definition) is 2. The second kappa shape index (κ2) is 6.99. The first-order valence-corrected chi connectivity index (χ1v) is 7.37. The molecule has 1 atom stereocenters. The van der Waals surface area contributed by atoms with Gasteiger partial charge in [-0.2, -0.15) is 0 Å². The smallest absolute Gasteiger partial charge is 0.0595 e. The Bertz CT molecular complexity index is 596. The molecular formula is C14H12Cl4N2. The number of nitrogens with two attached hydrogens (primary N) is 1. The highest BCUT2D eigenvalue weighted by atomic mass is 35.5. The highest BCUT2D eigenvalue weighted by molar-refractivity contribution is 6.42. The minimum atomic E-state index is -0.122. The van der Waals surface area contributed by atoms with Crippen LogP contribution in [0.5, 0.6) is 0 Å². The van der Waals surface area contributed by atoms with Crippen molar-refractivity contribution in [1.82, 2.24) is 5.43 Å². The zero-order valence-corrected chi connectivity index (χ0v) is 13.4. The molecule has 0 fully saturated rings. The number of nitrogens with one attached hydrogen (secondary N) is 1. The number of halogens is 4. The van der Waals surface area contributed by atoms with Gasteiger partial charge in [0.2, 0.25) is 0 Å². The molecule has 2 rings (SSSR count). The van der Waals surface area contributed by atoms with Crippen molar-refractivity contribution in [3.8, 4) is 0 Å². The van der Waals surface area contributed by atoms with Gasteiger partial charge in [-0.15, -0.1) is 0 Å². The standard InChI is InChI=1S/C14H12Cl4N2/c15-10-5-9(6-11(16)7-10)14(20-19)4-8-1-2-12(17)13(18)3-8/h1-3,5-7,14,20H,4,19H2. The van der Waals surface area contributed by atoms with E-state index in [1.54, 1.807) is 12.1 Å². The maximum Gasteiger partial charge on any atom is 0.0595 e. The molecule has 2 aromatic rings. The summed E-state index contributed by atoms with van der Waals surface area (Å²) >= 11 is 23.9. The van der Waals surface area contributed by atoms with Crippen LogP contribution in [0.1, 0.15) is 17.2 Å². The van der Waals surface area contributed by atoms with Crippen LogP contribution in [0.25, 0.3) is 0 Å². The fraction of sp³-hybridized carbons (Fsp3) is 0.143. The van der Waals surface area contributed by atoms with Crippen molar-refractivity contribution in [2.45, 2.75) is 12.5 Å². The third-order valence-corrected chi connectivity index (χ3v) is 4.09. The molecule has 0 bridgehead atoms. The van der Waals surface area contributed by atoms with E-state index in [-0.39, 0.29) is 6.04 Å². The number of hydrazine groups is 1. The largest absolute Gasteiger partial charge is 0.271 e. The lowest BCUT2D eigenvalue weighted by atomic mass is 9.99. The van der Waals surface area contributed by atoms with E-state index in [0.717, 1.165) is 11.1 Å². The SMILES string of the molecule is NNC(Cc1ccc(Cl)c(Cl)c1)c1cc(Cl)cc(Cl)c1. The Kier molecular flexibility index (Phi) is 5.56. The minimum absolute atomic E-state index is 0.122. The van der Waals surface area contributed by atoms with Gasteiger partial charge in [-0.25, -0.2) is 0 Å². The Hall–Kier alpha value is -0.480. The third-order valence-electron chi connectivity index (χ3n) is 2.91. The predicted octanol–water partition coefficient (Wildman–Crippen LogP) is 5.05. The van der Waals surface area contributed by atoms with Crippen LogP contribution in [-0.4, -0.2) is 0 Å². The van der Waals surface area contributed by atoms with Crippen molar-refractivity contribution in [3.63, 3.8) is 0 Å². The monoisotopic (exact) mass is 348 g/mol. The predicted molar refractivity (Wildman–Crippen MR) is 86.7 cm³/mol. The van der Waals surface area contributed by atoms with Crippen LogP contribution in [0.3, 0.4) is 0 Å². The molecule has 0 aliphatic rings. The lowest BCUT2D eigenvalue weighted by Gasteiger charge is -2.17. The molecule has 0 saturated carbocycles. The van der Waals surface area contributed by atoms with Crippen molar-refractivity contribution in [2.24, 2.45) is 5.84 Å². The normalized spacial score (nSPS) is 12.4. The summed E-state index contributed by atoms with van der Waals surface area (Å²) in [7, 11) is 0. The van der Waals surface area contributed by atoms with Crippen LogP contribution >= 0.6 is 46.4 Å². The third kappa shape index (κ3) is 4.01. The molecule has 0 amide bonds. The van der Waals surface area contributed by atoms with Gasteiger partial charge >= 0.3 is 0 Å². The molecule has 0 radical (unpaired) electrons. The zero-order valence-electron chi connectivity index (χ0n) is 10.3. The van der Waals surface area contributed by atoms with Crippen LogP contribution in [-0.2, 0) is 6.42 Å². The summed E-state index contributed by atoms with van der Waals surface area (Å²) in [5, 5.41) is 2.19. The van der Waals surface area contributed by atoms with E-state index in [1.807, 2.05) is 24.3 Å². The van der Waals surface area contributed by atoms with E-state index >= 15 is 0 Å². The number of benzene rings is 2. The molecule has 0 aliphatic heterocycles. The first-order chi connectivity index (χ1) is 9.49. The van der Waals surface area contributed by atoms with E-state index in [9.17, 15) is 0 Å². The highest BCUT2D eigenvalue weighted by Gasteiger charge is 2.13. The van der Waals surface area contributed by atoms with Gasteiger partial charge < -0.3 is 0 Å².